The van der Waals surface area contributed by atoms with Gasteiger partial charge in [0.2, 0.25) is 5.91 Å². The van der Waals surface area contributed by atoms with Crippen molar-refractivity contribution in [1.82, 2.24) is 5.32 Å². The third-order valence-corrected chi connectivity index (χ3v) is 4.57. The van der Waals surface area contributed by atoms with Gasteiger partial charge in [-0.2, -0.15) is 0 Å². The lowest BCUT2D eigenvalue weighted by Gasteiger charge is -2.06. The molecule has 0 heterocycles. The second kappa shape index (κ2) is 7.16. The molecule has 1 amide bonds. The van der Waals surface area contributed by atoms with Gasteiger partial charge < -0.3 is 11.1 Å². The van der Waals surface area contributed by atoms with Gasteiger partial charge in [0.05, 0.1) is 0 Å². The standard InChI is InChI=1S/C19H21ClN2O/c20-16-9-7-14(8-10-16)13-3-5-15(6-4-13)17-12-18(17)22-11-1-2-19(21)23/h3-10,17-18,22H,1-2,11-12H2,(H2,21,23). The van der Waals surface area contributed by atoms with Crippen molar-refractivity contribution in [2.75, 3.05) is 6.54 Å². The first-order chi connectivity index (χ1) is 11.1. The van der Waals surface area contributed by atoms with Gasteiger partial charge in [0.25, 0.3) is 0 Å². The molecule has 3 nitrogen and oxygen atoms in total. The lowest BCUT2D eigenvalue weighted by Crippen LogP contribution is -2.21. The normalized spacial score (nSPS) is 19.5. The molecule has 0 radical (unpaired) electrons. The van der Waals surface area contributed by atoms with Crippen LogP contribution in [0, 0.1) is 0 Å². The fourth-order valence-electron chi connectivity index (χ4n) is 2.90. The number of halogens is 1. The summed E-state index contributed by atoms with van der Waals surface area (Å²) in [6.45, 7) is 0.854. The van der Waals surface area contributed by atoms with Gasteiger partial charge in [-0.05, 0) is 48.2 Å². The van der Waals surface area contributed by atoms with Crippen LogP contribution in [0.2, 0.25) is 5.02 Å². The Kier molecular flexibility index (Phi) is 4.99. The van der Waals surface area contributed by atoms with E-state index in [4.69, 9.17) is 17.3 Å². The molecule has 0 bridgehead atoms. The molecular formula is C19H21ClN2O. The summed E-state index contributed by atoms with van der Waals surface area (Å²) in [5, 5.41) is 4.25. The smallest absolute Gasteiger partial charge is 0.217 e. The predicted molar refractivity (Wildman–Crippen MR) is 94.5 cm³/mol. The molecule has 2 atom stereocenters. The van der Waals surface area contributed by atoms with Gasteiger partial charge in [0.1, 0.15) is 0 Å². The number of carbonyl (C=O) groups excluding carboxylic acids is 1. The number of hydrogen-bond acceptors (Lipinski definition) is 2. The first-order valence-corrected chi connectivity index (χ1v) is 8.39. The van der Waals surface area contributed by atoms with E-state index in [1.54, 1.807) is 0 Å². The average Bonchev–Trinajstić information content (AvgIpc) is 3.32. The van der Waals surface area contributed by atoms with E-state index >= 15 is 0 Å². The fraction of sp³-hybridized carbons (Fsp3) is 0.316. The molecule has 1 aliphatic rings. The van der Waals surface area contributed by atoms with Crippen molar-refractivity contribution in [2.45, 2.75) is 31.2 Å². The van der Waals surface area contributed by atoms with Crippen LogP contribution in [-0.2, 0) is 4.79 Å². The highest BCUT2D eigenvalue weighted by Crippen LogP contribution is 2.41. The highest BCUT2D eigenvalue weighted by molar-refractivity contribution is 6.30. The van der Waals surface area contributed by atoms with E-state index in [2.05, 4.69) is 29.6 Å². The van der Waals surface area contributed by atoms with Gasteiger partial charge >= 0.3 is 0 Å². The summed E-state index contributed by atoms with van der Waals surface area (Å²) in [4.78, 5) is 10.7. The van der Waals surface area contributed by atoms with Gasteiger partial charge in [-0.15, -0.1) is 0 Å². The van der Waals surface area contributed by atoms with Crippen molar-refractivity contribution in [1.29, 1.82) is 0 Å². The summed E-state index contributed by atoms with van der Waals surface area (Å²) >= 11 is 5.93. The van der Waals surface area contributed by atoms with Crippen LogP contribution in [0.4, 0.5) is 0 Å². The number of hydrogen-bond donors (Lipinski definition) is 2. The summed E-state index contributed by atoms with van der Waals surface area (Å²) in [6.07, 6.45) is 2.44. The molecule has 120 valence electrons. The van der Waals surface area contributed by atoms with Crippen molar-refractivity contribution in [2.24, 2.45) is 5.73 Å². The maximum Gasteiger partial charge on any atom is 0.217 e. The highest BCUT2D eigenvalue weighted by Gasteiger charge is 2.37. The quantitative estimate of drug-likeness (QED) is 0.761. The SMILES string of the molecule is NC(=O)CCCNC1CC1c1ccc(-c2ccc(Cl)cc2)cc1. The lowest BCUT2D eigenvalue weighted by atomic mass is 10.0. The maximum absolute atomic E-state index is 10.7. The van der Waals surface area contributed by atoms with Crippen molar-refractivity contribution in [3.8, 4) is 11.1 Å². The molecule has 3 rings (SSSR count). The molecular weight excluding hydrogens is 308 g/mol. The van der Waals surface area contributed by atoms with Crippen LogP contribution in [0.15, 0.2) is 48.5 Å². The Morgan fingerprint density at radius 3 is 2.30 bits per heavy atom. The van der Waals surface area contributed by atoms with Gasteiger partial charge in [-0.25, -0.2) is 0 Å². The zero-order valence-corrected chi connectivity index (χ0v) is 13.7. The van der Waals surface area contributed by atoms with Crippen LogP contribution in [-0.4, -0.2) is 18.5 Å². The number of rotatable bonds is 7. The summed E-state index contributed by atoms with van der Waals surface area (Å²) in [7, 11) is 0. The van der Waals surface area contributed by atoms with Crippen LogP contribution >= 0.6 is 11.6 Å². The zero-order valence-electron chi connectivity index (χ0n) is 13.0. The minimum Gasteiger partial charge on any atom is -0.370 e. The molecule has 1 aliphatic carbocycles. The van der Waals surface area contributed by atoms with Crippen molar-refractivity contribution in [3.63, 3.8) is 0 Å². The van der Waals surface area contributed by atoms with Crippen LogP contribution in [0.5, 0.6) is 0 Å². The summed E-state index contributed by atoms with van der Waals surface area (Å²) in [6, 6.07) is 17.2. The summed E-state index contributed by atoms with van der Waals surface area (Å²) in [5.74, 6) is 0.361. The van der Waals surface area contributed by atoms with Crippen molar-refractivity contribution < 1.29 is 4.79 Å². The van der Waals surface area contributed by atoms with Gasteiger partial charge in [0.15, 0.2) is 0 Å². The minimum absolute atomic E-state index is 0.225. The zero-order chi connectivity index (χ0) is 16.2. The maximum atomic E-state index is 10.7. The fourth-order valence-corrected chi connectivity index (χ4v) is 3.03. The molecule has 0 aromatic heterocycles. The van der Waals surface area contributed by atoms with Gasteiger partial charge in [-0.1, -0.05) is 48.0 Å². The second-order valence-corrected chi connectivity index (χ2v) is 6.54. The Balaban J connectivity index is 1.52. The molecule has 4 heteroatoms. The highest BCUT2D eigenvalue weighted by atomic mass is 35.5. The van der Waals surface area contributed by atoms with E-state index < -0.39 is 0 Å². The van der Waals surface area contributed by atoms with Crippen molar-refractivity contribution >= 4 is 17.5 Å². The topological polar surface area (TPSA) is 55.1 Å². The molecule has 2 aromatic carbocycles. The Labute approximate surface area is 141 Å². The molecule has 0 saturated heterocycles. The van der Waals surface area contributed by atoms with Crippen molar-refractivity contribution in [3.05, 3.63) is 59.1 Å². The molecule has 3 N–H and O–H groups in total. The third-order valence-electron chi connectivity index (χ3n) is 4.31. The van der Waals surface area contributed by atoms with E-state index in [0.29, 0.717) is 18.4 Å². The lowest BCUT2D eigenvalue weighted by molar-refractivity contribution is -0.118. The average molecular weight is 329 g/mol. The predicted octanol–water partition coefficient (Wildman–Crippen LogP) is 3.72. The van der Waals surface area contributed by atoms with Crippen LogP contribution in [0.3, 0.4) is 0 Å². The number of carbonyl (C=O) groups is 1. The Bertz CT molecular complexity index is 667. The Morgan fingerprint density at radius 2 is 1.70 bits per heavy atom. The molecule has 2 unspecified atom stereocenters. The van der Waals surface area contributed by atoms with E-state index in [9.17, 15) is 4.79 Å². The van der Waals surface area contributed by atoms with Crippen LogP contribution < -0.4 is 11.1 Å². The van der Waals surface area contributed by atoms with E-state index in [0.717, 1.165) is 24.4 Å². The number of primary amides is 1. The van der Waals surface area contributed by atoms with Gasteiger partial charge in [0, 0.05) is 23.4 Å². The summed E-state index contributed by atoms with van der Waals surface area (Å²) in [5.41, 5.74) is 8.89. The summed E-state index contributed by atoms with van der Waals surface area (Å²) < 4.78 is 0. The van der Waals surface area contributed by atoms with Crippen LogP contribution in [0.1, 0.15) is 30.7 Å². The Morgan fingerprint density at radius 1 is 1.09 bits per heavy atom. The Hall–Kier alpha value is -1.84. The second-order valence-electron chi connectivity index (χ2n) is 6.10. The van der Waals surface area contributed by atoms with E-state index in [-0.39, 0.29) is 5.91 Å². The molecule has 0 spiro atoms. The molecule has 1 fully saturated rings. The number of benzene rings is 2. The third kappa shape index (κ3) is 4.34. The minimum atomic E-state index is -0.225. The largest absolute Gasteiger partial charge is 0.370 e. The van der Waals surface area contributed by atoms with E-state index in [1.165, 1.54) is 16.7 Å². The van der Waals surface area contributed by atoms with E-state index in [1.807, 2.05) is 24.3 Å². The number of nitrogens with two attached hydrogens (primary N) is 1. The van der Waals surface area contributed by atoms with Crippen LogP contribution in [0.25, 0.3) is 11.1 Å². The first kappa shape index (κ1) is 16.0. The monoisotopic (exact) mass is 328 g/mol. The first-order valence-electron chi connectivity index (χ1n) is 8.01. The molecule has 23 heavy (non-hydrogen) atoms. The van der Waals surface area contributed by atoms with Gasteiger partial charge in [-0.3, -0.25) is 4.79 Å². The number of nitrogens with one attached hydrogen (secondary N) is 1. The number of amides is 1. The molecule has 1 saturated carbocycles. The molecule has 2 aromatic rings. The molecule has 0 aliphatic heterocycles.